The minimum atomic E-state index is -3.40. The fourth-order valence-corrected chi connectivity index (χ4v) is 2.65. The highest BCUT2D eigenvalue weighted by atomic mass is 32.2. The van der Waals surface area contributed by atoms with E-state index in [1.54, 1.807) is 0 Å². The van der Waals surface area contributed by atoms with Crippen LogP contribution in [0.25, 0.3) is 0 Å². The highest BCUT2D eigenvalue weighted by Crippen LogP contribution is 2.29. The van der Waals surface area contributed by atoms with Crippen LogP contribution >= 0.6 is 0 Å². The van der Waals surface area contributed by atoms with E-state index in [9.17, 15) is 13.2 Å². The molecule has 6 nitrogen and oxygen atoms in total. The molecule has 0 aliphatic heterocycles. The SMILES string of the molecule is CC(C)(C)c1ncc(OCCOC=O)cc1S(C)(=O)=O. The van der Waals surface area contributed by atoms with E-state index in [1.807, 2.05) is 20.8 Å². The van der Waals surface area contributed by atoms with Crippen LogP contribution in [0.5, 0.6) is 5.75 Å². The number of ether oxygens (including phenoxy) is 2. The first-order valence-corrected chi connectivity index (χ1v) is 7.94. The van der Waals surface area contributed by atoms with E-state index < -0.39 is 15.3 Å². The number of hydrogen-bond donors (Lipinski definition) is 0. The number of aromatic nitrogens is 1. The molecule has 0 bridgehead atoms. The number of carbonyl (C=O) groups excluding carboxylic acids is 1. The second-order valence-corrected chi connectivity index (χ2v) is 7.34. The zero-order chi connectivity index (χ0) is 15.4. The topological polar surface area (TPSA) is 82.6 Å². The molecule has 0 atom stereocenters. The summed E-state index contributed by atoms with van der Waals surface area (Å²) in [5.41, 5.74) is 0.105. The van der Waals surface area contributed by atoms with Crippen molar-refractivity contribution in [2.24, 2.45) is 0 Å². The third kappa shape index (κ3) is 4.48. The van der Waals surface area contributed by atoms with Crippen molar-refractivity contribution in [1.82, 2.24) is 4.98 Å². The van der Waals surface area contributed by atoms with Crippen LogP contribution < -0.4 is 4.74 Å². The fraction of sp³-hybridized carbons (Fsp3) is 0.538. The van der Waals surface area contributed by atoms with Gasteiger partial charge in [-0.3, -0.25) is 9.78 Å². The maximum absolute atomic E-state index is 11.9. The molecule has 0 aliphatic rings. The zero-order valence-corrected chi connectivity index (χ0v) is 12.9. The van der Waals surface area contributed by atoms with E-state index >= 15 is 0 Å². The van der Waals surface area contributed by atoms with E-state index in [4.69, 9.17) is 4.74 Å². The summed E-state index contributed by atoms with van der Waals surface area (Å²) in [6.45, 7) is 6.23. The van der Waals surface area contributed by atoms with Gasteiger partial charge in [-0.1, -0.05) is 20.8 Å². The van der Waals surface area contributed by atoms with Crippen molar-refractivity contribution < 1.29 is 22.7 Å². The van der Waals surface area contributed by atoms with Gasteiger partial charge < -0.3 is 9.47 Å². The third-order valence-electron chi connectivity index (χ3n) is 2.48. The Morgan fingerprint density at radius 3 is 2.45 bits per heavy atom. The van der Waals surface area contributed by atoms with Crippen LogP contribution in [0.3, 0.4) is 0 Å². The lowest BCUT2D eigenvalue weighted by molar-refractivity contribution is -0.129. The summed E-state index contributed by atoms with van der Waals surface area (Å²) in [5.74, 6) is 0.327. The molecule has 7 heteroatoms. The average molecular weight is 301 g/mol. The van der Waals surface area contributed by atoms with Gasteiger partial charge in [0.05, 0.1) is 16.8 Å². The number of hydrogen-bond acceptors (Lipinski definition) is 6. The number of sulfone groups is 1. The molecule has 1 aromatic heterocycles. The molecule has 1 rings (SSSR count). The standard InChI is InChI=1S/C13H19NO5S/c1-13(2,3)12-11(20(4,16)17)7-10(8-14-12)19-6-5-18-9-15/h7-9H,5-6H2,1-4H3. The van der Waals surface area contributed by atoms with Crippen LogP contribution in [0.4, 0.5) is 0 Å². The number of pyridine rings is 1. The van der Waals surface area contributed by atoms with Crippen molar-refractivity contribution in [3.05, 3.63) is 18.0 Å². The van der Waals surface area contributed by atoms with Crippen LogP contribution in [0.1, 0.15) is 26.5 Å². The Morgan fingerprint density at radius 2 is 1.95 bits per heavy atom. The molecule has 0 saturated heterocycles. The van der Waals surface area contributed by atoms with Gasteiger partial charge in [0.25, 0.3) is 6.47 Å². The van der Waals surface area contributed by atoms with Gasteiger partial charge in [0.2, 0.25) is 0 Å². The summed E-state index contributed by atoms with van der Waals surface area (Å²) < 4.78 is 33.5. The van der Waals surface area contributed by atoms with E-state index in [2.05, 4.69) is 9.72 Å². The monoisotopic (exact) mass is 301 g/mol. The molecule has 0 spiro atoms. The number of nitrogens with zero attached hydrogens (tertiary/aromatic N) is 1. The Hall–Kier alpha value is -1.63. The second kappa shape index (κ2) is 6.21. The minimum absolute atomic E-state index is 0.0960. The smallest absolute Gasteiger partial charge is 0.293 e. The Kier molecular flexibility index (Phi) is 5.10. The lowest BCUT2D eigenvalue weighted by Gasteiger charge is -2.21. The van der Waals surface area contributed by atoms with Crippen LogP contribution in [-0.2, 0) is 24.8 Å². The Balaban J connectivity index is 3.07. The lowest BCUT2D eigenvalue weighted by Crippen LogP contribution is -2.19. The second-order valence-electron chi connectivity index (χ2n) is 5.36. The first kappa shape index (κ1) is 16.4. The van der Waals surface area contributed by atoms with Crippen LogP contribution in [-0.4, -0.2) is 39.3 Å². The molecule has 1 heterocycles. The molecule has 0 aromatic carbocycles. The summed E-state index contributed by atoms with van der Waals surface area (Å²) >= 11 is 0. The largest absolute Gasteiger partial charge is 0.488 e. The van der Waals surface area contributed by atoms with E-state index in [0.29, 0.717) is 17.9 Å². The first-order chi connectivity index (χ1) is 9.16. The molecule has 0 saturated carbocycles. The Morgan fingerprint density at radius 1 is 1.30 bits per heavy atom. The van der Waals surface area contributed by atoms with E-state index in [-0.39, 0.29) is 18.1 Å². The predicted molar refractivity (Wildman–Crippen MR) is 73.6 cm³/mol. The molecule has 0 fully saturated rings. The van der Waals surface area contributed by atoms with Gasteiger partial charge in [0, 0.05) is 17.7 Å². The van der Waals surface area contributed by atoms with Crippen molar-refractivity contribution >= 4 is 16.3 Å². The number of rotatable bonds is 6. The van der Waals surface area contributed by atoms with Gasteiger partial charge in [-0.05, 0) is 0 Å². The average Bonchev–Trinajstić information content (AvgIpc) is 2.32. The molecular weight excluding hydrogens is 282 g/mol. The molecule has 20 heavy (non-hydrogen) atoms. The van der Waals surface area contributed by atoms with Crippen LogP contribution in [0.15, 0.2) is 17.2 Å². The summed E-state index contributed by atoms with van der Waals surface area (Å²) in [7, 11) is -3.40. The van der Waals surface area contributed by atoms with Crippen molar-refractivity contribution in [2.75, 3.05) is 19.5 Å². The molecular formula is C13H19NO5S. The maximum Gasteiger partial charge on any atom is 0.293 e. The van der Waals surface area contributed by atoms with Crippen molar-refractivity contribution in [2.45, 2.75) is 31.1 Å². The van der Waals surface area contributed by atoms with Crippen molar-refractivity contribution in [3.8, 4) is 5.75 Å². The van der Waals surface area contributed by atoms with Gasteiger partial charge >= 0.3 is 0 Å². The van der Waals surface area contributed by atoms with Gasteiger partial charge in [-0.2, -0.15) is 0 Å². The molecule has 112 valence electrons. The van der Waals surface area contributed by atoms with Gasteiger partial charge in [0.1, 0.15) is 19.0 Å². The summed E-state index contributed by atoms with van der Waals surface area (Å²) in [5, 5.41) is 0. The molecule has 1 aromatic rings. The molecule has 0 N–H and O–H groups in total. The van der Waals surface area contributed by atoms with Gasteiger partial charge in [0.15, 0.2) is 9.84 Å². The molecule has 0 unspecified atom stereocenters. The minimum Gasteiger partial charge on any atom is -0.488 e. The highest BCUT2D eigenvalue weighted by molar-refractivity contribution is 7.90. The Labute approximate surface area is 119 Å². The predicted octanol–water partition coefficient (Wildman–Crippen LogP) is 1.33. The first-order valence-electron chi connectivity index (χ1n) is 6.05. The molecule has 0 aliphatic carbocycles. The summed E-state index contributed by atoms with van der Waals surface area (Å²) in [4.78, 5) is 14.3. The molecule has 0 radical (unpaired) electrons. The summed E-state index contributed by atoms with van der Waals surface area (Å²) in [6.07, 6.45) is 2.61. The molecule has 0 amide bonds. The Bertz CT molecular complexity index is 575. The van der Waals surface area contributed by atoms with Crippen molar-refractivity contribution in [1.29, 1.82) is 0 Å². The fourth-order valence-electron chi connectivity index (χ4n) is 1.61. The van der Waals surface area contributed by atoms with Crippen LogP contribution in [0, 0.1) is 0 Å². The van der Waals surface area contributed by atoms with E-state index in [0.717, 1.165) is 6.26 Å². The lowest BCUT2D eigenvalue weighted by atomic mass is 9.91. The number of carbonyl (C=O) groups is 1. The highest BCUT2D eigenvalue weighted by Gasteiger charge is 2.25. The van der Waals surface area contributed by atoms with Crippen LogP contribution in [0.2, 0.25) is 0 Å². The quantitative estimate of drug-likeness (QED) is 0.582. The zero-order valence-electron chi connectivity index (χ0n) is 12.0. The van der Waals surface area contributed by atoms with E-state index in [1.165, 1.54) is 12.3 Å². The summed E-state index contributed by atoms with van der Waals surface area (Å²) in [6, 6.07) is 1.45. The maximum atomic E-state index is 11.9. The third-order valence-corrected chi connectivity index (χ3v) is 3.59. The van der Waals surface area contributed by atoms with Gasteiger partial charge in [-0.15, -0.1) is 0 Å². The van der Waals surface area contributed by atoms with Crippen molar-refractivity contribution in [3.63, 3.8) is 0 Å². The van der Waals surface area contributed by atoms with Gasteiger partial charge in [-0.25, -0.2) is 8.42 Å². The normalized spacial score (nSPS) is 12.0.